The molecule has 140 valence electrons. The zero-order valence-corrected chi connectivity index (χ0v) is 16.8. The second-order valence-corrected chi connectivity index (χ2v) is 8.31. The van der Waals surface area contributed by atoms with E-state index < -0.39 is 0 Å². The van der Waals surface area contributed by atoms with Crippen LogP contribution in [0.4, 0.5) is 5.69 Å². The van der Waals surface area contributed by atoms with Crippen LogP contribution in [0.5, 0.6) is 0 Å². The Bertz CT molecular complexity index is 719. The van der Waals surface area contributed by atoms with Crippen molar-refractivity contribution >= 4 is 34.5 Å². The van der Waals surface area contributed by atoms with Gasteiger partial charge in [0.15, 0.2) is 0 Å². The third kappa shape index (κ3) is 5.30. The van der Waals surface area contributed by atoms with Crippen LogP contribution in [0.1, 0.15) is 28.8 Å². The number of hydrogen-bond acceptors (Lipinski definition) is 4. The Labute approximate surface area is 164 Å². The second kappa shape index (κ2) is 9.00. The highest BCUT2D eigenvalue weighted by Crippen LogP contribution is 2.27. The molecule has 1 N–H and O–H groups in total. The monoisotopic (exact) mass is 392 g/mol. The fraction of sp³-hybridized carbons (Fsp3) is 0.450. The number of carbonyl (C=O) groups excluding carboxylic acids is 1. The molecule has 2 heterocycles. The Kier molecular flexibility index (Phi) is 6.70. The Morgan fingerprint density at radius 3 is 2.92 bits per heavy atom. The maximum atomic E-state index is 12.7. The SMILES string of the molecule is Cc1cc(C)c(NC(=O)CN(Cc2cccs2)C[C@H]2CCCO2)c(Cl)c1. The Morgan fingerprint density at radius 1 is 1.42 bits per heavy atom. The molecule has 1 saturated heterocycles. The predicted octanol–water partition coefficient (Wildman–Crippen LogP) is 4.64. The first-order chi connectivity index (χ1) is 12.5. The van der Waals surface area contributed by atoms with E-state index in [0.29, 0.717) is 17.3 Å². The standard InChI is InChI=1S/C20H25ClN2O2S/c1-14-9-15(2)20(18(21)10-14)22-19(24)13-23(11-16-5-3-7-25-16)12-17-6-4-8-26-17/h4,6,8-10,16H,3,5,7,11-13H2,1-2H3,(H,22,24)/t16-/m1/s1. The molecule has 1 aromatic heterocycles. The average molecular weight is 393 g/mol. The van der Waals surface area contributed by atoms with Crippen LogP contribution in [0.15, 0.2) is 29.6 Å². The van der Waals surface area contributed by atoms with Crippen molar-refractivity contribution in [2.24, 2.45) is 0 Å². The Hall–Kier alpha value is -1.40. The van der Waals surface area contributed by atoms with Gasteiger partial charge in [-0.05, 0) is 55.3 Å². The summed E-state index contributed by atoms with van der Waals surface area (Å²) in [6, 6.07) is 8.04. The summed E-state index contributed by atoms with van der Waals surface area (Å²) in [7, 11) is 0. The van der Waals surface area contributed by atoms with E-state index >= 15 is 0 Å². The van der Waals surface area contributed by atoms with Gasteiger partial charge < -0.3 is 10.1 Å². The minimum atomic E-state index is -0.0478. The van der Waals surface area contributed by atoms with Crippen molar-refractivity contribution in [3.8, 4) is 0 Å². The van der Waals surface area contributed by atoms with Gasteiger partial charge in [0.25, 0.3) is 0 Å². The number of halogens is 1. The number of nitrogens with zero attached hydrogens (tertiary/aromatic N) is 1. The molecule has 0 spiro atoms. The van der Waals surface area contributed by atoms with E-state index in [1.54, 1.807) is 11.3 Å². The highest BCUT2D eigenvalue weighted by Gasteiger charge is 2.22. The van der Waals surface area contributed by atoms with E-state index in [4.69, 9.17) is 16.3 Å². The Morgan fingerprint density at radius 2 is 2.27 bits per heavy atom. The van der Waals surface area contributed by atoms with Crippen LogP contribution in [0, 0.1) is 13.8 Å². The smallest absolute Gasteiger partial charge is 0.238 e. The average Bonchev–Trinajstić information content (AvgIpc) is 3.24. The van der Waals surface area contributed by atoms with Gasteiger partial charge in [0.05, 0.1) is 23.4 Å². The van der Waals surface area contributed by atoms with E-state index in [1.165, 1.54) is 4.88 Å². The molecule has 1 amide bonds. The quantitative estimate of drug-likeness (QED) is 0.746. The number of nitrogens with one attached hydrogen (secondary N) is 1. The second-order valence-electron chi connectivity index (χ2n) is 6.87. The van der Waals surface area contributed by atoms with Gasteiger partial charge in [0.1, 0.15) is 0 Å². The van der Waals surface area contributed by atoms with Crippen LogP contribution in [0.3, 0.4) is 0 Å². The molecule has 1 aromatic carbocycles. The summed E-state index contributed by atoms with van der Waals surface area (Å²) in [6.45, 7) is 6.62. The van der Waals surface area contributed by atoms with Gasteiger partial charge in [-0.15, -0.1) is 11.3 Å². The minimum Gasteiger partial charge on any atom is -0.377 e. The van der Waals surface area contributed by atoms with E-state index in [0.717, 1.165) is 43.7 Å². The van der Waals surface area contributed by atoms with Crippen molar-refractivity contribution in [3.63, 3.8) is 0 Å². The summed E-state index contributed by atoms with van der Waals surface area (Å²) in [6.07, 6.45) is 2.38. The van der Waals surface area contributed by atoms with E-state index in [9.17, 15) is 4.79 Å². The molecule has 4 nitrogen and oxygen atoms in total. The lowest BCUT2D eigenvalue weighted by Crippen LogP contribution is -2.37. The number of ether oxygens (including phenoxy) is 1. The molecule has 1 aliphatic rings. The van der Waals surface area contributed by atoms with E-state index in [-0.39, 0.29) is 12.0 Å². The number of anilines is 1. The summed E-state index contributed by atoms with van der Waals surface area (Å²) in [4.78, 5) is 16.1. The van der Waals surface area contributed by atoms with Gasteiger partial charge in [-0.2, -0.15) is 0 Å². The van der Waals surface area contributed by atoms with Gasteiger partial charge in [-0.3, -0.25) is 9.69 Å². The number of carbonyl (C=O) groups is 1. The minimum absolute atomic E-state index is 0.0478. The summed E-state index contributed by atoms with van der Waals surface area (Å²) in [5.74, 6) is -0.0478. The number of amides is 1. The summed E-state index contributed by atoms with van der Waals surface area (Å²) < 4.78 is 5.76. The molecular weight excluding hydrogens is 368 g/mol. The van der Waals surface area contributed by atoms with E-state index in [1.807, 2.05) is 32.0 Å². The van der Waals surface area contributed by atoms with E-state index in [2.05, 4.69) is 21.7 Å². The highest BCUT2D eigenvalue weighted by molar-refractivity contribution is 7.09. The van der Waals surface area contributed by atoms with Gasteiger partial charge in [0, 0.05) is 24.6 Å². The maximum absolute atomic E-state index is 12.7. The highest BCUT2D eigenvalue weighted by atomic mass is 35.5. The third-order valence-electron chi connectivity index (χ3n) is 4.51. The van der Waals surface area contributed by atoms with Gasteiger partial charge in [-0.1, -0.05) is 23.7 Å². The predicted molar refractivity (Wildman–Crippen MR) is 108 cm³/mol. The topological polar surface area (TPSA) is 41.6 Å². The number of aryl methyl sites for hydroxylation is 2. The number of hydrogen-bond donors (Lipinski definition) is 1. The molecule has 3 rings (SSSR count). The normalized spacial score (nSPS) is 17.0. The fourth-order valence-corrected chi connectivity index (χ4v) is 4.45. The zero-order chi connectivity index (χ0) is 18.5. The van der Waals surface area contributed by atoms with Gasteiger partial charge in [-0.25, -0.2) is 0 Å². The number of benzene rings is 1. The molecule has 0 unspecified atom stereocenters. The molecule has 0 bridgehead atoms. The van der Waals surface area contributed by atoms with Crippen LogP contribution in [-0.4, -0.2) is 36.6 Å². The van der Waals surface area contributed by atoms with Crippen molar-refractivity contribution < 1.29 is 9.53 Å². The van der Waals surface area contributed by atoms with Crippen molar-refractivity contribution in [3.05, 3.63) is 50.7 Å². The Balaban J connectivity index is 1.66. The first-order valence-corrected chi connectivity index (χ1v) is 10.2. The molecule has 0 aliphatic carbocycles. The molecule has 0 radical (unpaired) electrons. The molecule has 2 aromatic rings. The van der Waals surface area contributed by atoms with Crippen LogP contribution < -0.4 is 5.32 Å². The molecule has 26 heavy (non-hydrogen) atoms. The van der Waals surface area contributed by atoms with Crippen molar-refractivity contribution in [1.82, 2.24) is 4.90 Å². The largest absolute Gasteiger partial charge is 0.377 e. The summed E-state index contributed by atoms with van der Waals surface area (Å²) >= 11 is 8.03. The first-order valence-electron chi connectivity index (χ1n) is 8.94. The lowest BCUT2D eigenvalue weighted by atomic mass is 10.1. The van der Waals surface area contributed by atoms with Gasteiger partial charge in [0.2, 0.25) is 5.91 Å². The fourth-order valence-electron chi connectivity index (χ4n) is 3.34. The third-order valence-corrected chi connectivity index (χ3v) is 5.67. The molecule has 1 fully saturated rings. The van der Waals surface area contributed by atoms with Crippen molar-refractivity contribution in [1.29, 1.82) is 0 Å². The van der Waals surface area contributed by atoms with Crippen LogP contribution in [0.2, 0.25) is 5.02 Å². The van der Waals surface area contributed by atoms with Crippen molar-refractivity contribution in [2.75, 3.05) is 25.0 Å². The number of rotatable bonds is 7. The van der Waals surface area contributed by atoms with Crippen LogP contribution in [-0.2, 0) is 16.1 Å². The lowest BCUT2D eigenvalue weighted by Gasteiger charge is -2.24. The molecule has 0 saturated carbocycles. The zero-order valence-electron chi connectivity index (χ0n) is 15.3. The number of thiophene rings is 1. The van der Waals surface area contributed by atoms with Gasteiger partial charge >= 0.3 is 0 Å². The van der Waals surface area contributed by atoms with Crippen molar-refractivity contribution in [2.45, 2.75) is 39.3 Å². The molecule has 1 atom stereocenters. The molecular formula is C20H25ClN2O2S. The lowest BCUT2D eigenvalue weighted by molar-refractivity contribution is -0.117. The summed E-state index contributed by atoms with van der Waals surface area (Å²) in [5, 5.41) is 5.64. The molecule has 6 heteroatoms. The molecule has 1 aliphatic heterocycles. The maximum Gasteiger partial charge on any atom is 0.238 e. The van der Waals surface area contributed by atoms with Crippen LogP contribution >= 0.6 is 22.9 Å². The first kappa shape index (κ1) is 19.4. The van der Waals surface area contributed by atoms with Crippen LogP contribution in [0.25, 0.3) is 0 Å². The summed E-state index contributed by atoms with van der Waals surface area (Å²) in [5.41, 5.74) is 2.77.